The van der Waals surface area contributed by atoms with Gasteiger partial charge < -0.3 is 5.32 Å². The molecule has 0 aliphatic rings. The first-order valence-corrected chi connectivity index (χ1v) is 6.05. The van der Waals surface area contributed by atoms with Crippen LogP contribution < -0.4 is 5.32 Å². The van der Waals surface area contributed by atoms with Gasteiger partial charge in [-0.05, 0) is 17.5 Å². The maximum Gasteiger partial charge on any atom is 0.276 e. The fourth-order valence-corrected chi connectivity index (χ4v) is 2.25. The lowest BCUT2D eigenvalue weighted by molar-refractivity contribution is 0.102. The molecule has 4 nitrogen and oxygen atoms in total. The summed E-state index contributed by atoms with van der Waals surface area (Å²) in [6.07, 6.45) is 0. The van der Waals surface area contributed by atoms with Gasteiger partial charge in [0.05, 0.1) is 11.2 Å². The number of nitrogens with zero attached hydrogens (tertiary/aromatic N) is 1. The van der Waals surface area contributed by atoms with E-state index in [-0.39, 0.29) is 5.91 Å². The lowest BCUT2D eigenvalue weighted by Gasteiger charge is -1.99. The standard InChI is InChI=1S/C12H9N3OS/c16-12(13-8-5-6-17-7-8)11-9-3-1-2-4-10(9)14-15-11/h1-7H,(H,13,16)(H,14,15). The number of fused-ring (bicyclic) bond motifs is 1. The van der Waals surface area contributed by atoms with Crippen LogP contribution in [0.1, 0.15) is 10.5 Å². The van der Waals surface area contributed by atoms with Crippen LogP contribution in [0.25, 0.3) is 10.9 Å². The summed E-state index contributed by atoms with van der Waals surface area (Å²) >= 11 is 1.54. The molecule has 0 radical (unpaired) electrons. The monoisotopic (exact) mass is 243 g/mol. The molecule has 0 saturated carbocycles. The summed E-state index contributed by atoms with van der Waals surface area (Å²) in [7, 11) is 0. The predicted octanol–water partition coefficient (Wildman–Crippen LogP) is 2.88. The Kier molecular flexibility index (Phi) is 2.38. The normalized spacial score (nSPS) is 10.6. The van der Waals surface area contributed by atoms with Crippen molar-refractivity contribution in [3.05, 3.63) is 46.8 Å². The van der Waals surface area contributed by atoms with Crippen molar-refractivity contribution >= 4 is 33.8 Å². The first-order valence-electron chi connectivity index (χ1n) is 5.11. The van der Waals surface area contributed by atoms with E-state index in [0.29, 0.717) is 5.69 Å². The first-order chi connectivity index (χ1) is 8.34. The van der Waals surface area contributed by atoms with E-state index in [1.54, 1.807) is 0 Å². The van der Waals surface area contributed by atoms with Crippen LogP contribution in [0, 0.1) is 0 Å². The van der Waals surface area contributed by atoms with Crippen LogP contribution in [0.5, 0.6) is 0 Å². The maximum atomic E-state index is 12.0. The predicted molar refractivity (Wildman–Crippen MR) is 68.4 cm³/mol. The van der Waals surface area contributed by atoms with Crippen molar-refractivity contribution in [2.45, 2.75) is 0 Å². The van der Waals surface area contributed by atoms with Crippen LogP contribution in [0.2, 0.25) is 0 Å². The fourth-order valence-electron chi connectivity index (χ4n) is 1.66. The zero-order chi connectivity index (χ0) is 11.7. The molecule has 1 aromatic carbocycles. The van der Waals surface area contributed by atoms with Crippen LogP contribution in [0.15, 0.2) is 41.1 Å². The Morgan fingerprint density at radius 2 is 2.18 bits per heavy atom. The number of H-pyrrole nitrogens is 1. The largest absolute Gasteiger partial charge is 0.320 e. The van der Waals surface area contributed by atoms with Gasteiger partial charge in [0.2, 0.25) is 0 Å². The van der Waals surface area contributed by atoms with Crippen molar-refractivity contribution < 1.29 is 4.79 Å². The number of rotatable bonds is 2. The van der Waals surface area contributed by atoms with E-state index in [9.17, 15) is 4.79 Å². The minimum Gasteiger partial charge on any atom is -0.320 e. The van der Waals surface area contributed by atoms with E-state index in [0.717, 1.165) is 16.6 Å². The molecule has 2 heterocycles. The third-order valence-corrected chi connectivity index (χ3v) is 3.15. The Morgan fingerprint density at radius 3 is 3.00 bits per heavy atom. The average Bonchev–Trinajstić information content (AvgIpc) is 2.96. The molecule has 0 aliphatic carbocycles. The Bertz CT molecular complexity index is 657. The van der Waals surface area contributed by atoms with Crippen LogP contribution >= 0.6 is 11.3 Å². The van der Waals surface area contributed by atoms with E-state index < -0.39 is 0 Å². The molecule has 0 unspecified atom stereocenters. The van der Waals surface area contributed by atoms with Gasteiger partial charge in [-0.15, -0.1) is 0 Å². The molecule has 2 N–H and O–H groups in total. The van der Waals surface area contributed by atoms with Gasteiger partial charge in [0.15, 0.2) is 5.69 Å². The van der Waals surface area contributed by atoms with Crippen molar-refractivity contribution in [3.8, 4) is 0 Å². The van der Waals surface area contributed by atoms with E-state index in [1.165, 1.54) is 11.3 Å². The zero-order valence-corrected chi connectivity index (χ0v) is 9.62. The Labute approximate surface area is 101 Å². The number of anilines is 1. The smallest absolute Gasteiger partial charge is 0.276 e. The number of aromatic amines is 1. The van der Waals surface area contributed by atoms with E-state index >= 15 is 0 Å². The molecule has 3 aromatic rings. The summed E-state index contributed by atoms with van der Waals surface area (Å²) in [4.78, 5) is 12.0. The van der Waals surface area contributed by atoms with Gasteiger partial charge in [0.25, 0.3) is 5.91 Å². The van der Waals surface area contributed by atoms with E-state index in [4.69, 9.17) is 0 Å². The molecule has 0 saturated heterocycles. The zero-order valence-electron chi connectivity index (χ0n) is 8.81. The maximum absolute atomic E-state index is 12.0. The molecule has 84 valence electrons. The highest BCUT2D eigenvalue weighted by Gasteiger charge is 2.13. The average molecular weight is 243 g/mol. The van der Waals surface area contributed by atoms with Crippen LogP contribution in [-0.4, -0.2) is 16.1 Å². The number of hydrogen-bond acceptors (Lipinski definition) is 3. The number of amides is 1. The van der Waals surface area contributed by atoms with Gasteiger partial charge >= 0.3 is 0 Å². The van der Waals surface area contributed by atoms with Crippen LogP contribution in [0.4, 0.5) is 5.69 Å². The molecule has 3 rings (SSSR count). The third kappa shape index (κ3) is 1.81. The second-order valence-electron chi connectivity index (χ2n) is 3.58. The van der Waals surface area contributed by atoms with Crippen molar-refractivity contribution in [2.24, 2.45) is 0 Å². The number of aromatic nitrogens is 2. The number of benzene rings is 1. The Balaban J connectivity index is 1.96. The van der Waals surface area contributed by atoms with E-state index in [1.807, 2.05) is 41.1 Å². The second-order valence-corrected chi connectivity index (χ2v) is 4.36. The highest BCUT2D eigenvalue weighted by molar-refractivity contribution is 7.08. The van der Waals surface area contributed by atoms with Gasteiger partial charge in [-0.2, -0.15) is 16.4 Å². The molecule has 0 aliphatic heterocycles. The molecule has 17 heavy (non-hydrogen) atoms. The quantitative estimate of drug-likeness (QED) is 0.727. The van der Waals surface area contributed by atoms with Crippen LogP contribution in [0.3, 0.4) is 0 Å². The number of carbonyl (C=O) groups is 1. The van der Waals surface area contributed by atoms with Crippen molar-refractivity contribution in [2.75, 3.05) is 5.32 Å². The molecule has 0 atom stereocenters. The van der Waals surface area contributed by atoms with Crippen LogP contribution in [-0.2, 0) is 0 Å². The van der Waals surface area contributed by atoms with Gasteiger partial charge in [0.1, 0.15) is 0 Å². The topological polar surface area (TPSA) is 57.8 Å². The molecular weight excluding hydrogens is 234 g/mol. The van der Waals surface area contributed by atoms with Gasteiger partial charge in [-0.3, -0.25) is 9.89 Å². The highest BCUT2D eigenvalue weighted by atomic mass is 32.1. The first kappa shape index (κ1) is 10.0. The molecule has 0 spiro atoms. The summed E-state index contributed by atoms with van der Waals surface area (Å²) < 4.78 is 0. The number of para-hydroxylation sites is 1. The third-order valence-electron chi connectivity index (χ3n) is 2.46. The molecular formula is C12H9N3OS. The summed E-state index contributed by atoms with van der Waals surface area (Å²) in [5.41, 5.74) is 2.09. The second kappa shape index (κ2) is 4.03. The lowest BCUT2D eigenvalue weighted by atomic mass is 10.2. The molecule has 5 heteroatoms. The number of carbonyl (C=O) groups excluding carboxylic acids is 1. The Morgan fingerprint density at radius 1 is 1.29 bits per heavy atom. The summed E-state index contributed by atoms with van der Waals surface area (Å²) in [5.74, 6) is -0.194. The number of hydrogen-bond donors (Lipinski definition) is 2. The number of thiophene rings is 1. The molecule has 2 aromatic heterocycles. The minimum atomic E-state index is -0.194. The summed E-state index contributed by atoms with van der Waals surface area (Å²) in [6.45, 7) is 0. The minimum absolute atomic E-state index is 0.194. The molecule has 0 fully saturated rings. The molecule has 0 bridgehead atoms. The SMILES string of the molecule is O=C(Nc1ccsc1)c1n[nH]c2ccccc12. The molecule has 1 amide bonds. The van der Waals surface area contributed by atoms with Gasteiger partial charge in [0, 0.05) is 10.8 Å². The summed E-state index contributed by atoms with van der Waals surface area (Å²) in [6, 6.07) is 9.42. The summed E-state index contributed by atoms with van der Waals surface area (Å²) in [5, 5.41) is 14.3. The van der Waals surface area contributed by atoms with Crippen molar-refractivity contribution in [1.29, 1.82) is 0 Å². The van der Waals surface area contributed by atoms with Crippen molar-refractivity contribution in [1.82, 2.24) is 10.2 Å². The Hall–Kier alpha value is -2.14. The highest BCUT2D eigenvalue weighted by Crippen LogP contribution is 2.18. The lowest BCUT2D eigenvalue weighted by Crippen LogP contribution is -2.12. The van der Waals surface area contributed by atoms with E-state index in [2.05, 4.69) is 15.5 Å². The van der Waals surface area contributed by atoms with Gasteiger partial charge in [-0.1, -0.05) is 18.2 Å². The fraction of sp³-hybridized carbons (Fsp3) is 0. The van der Waals surface area contributed by atoms with Gasteiger partial charge in [-0.25, -0.2) is 0 Å². The van der Waals surface area contributed by atoms with Crippen molar-refractivity contribution in [3.63, 3.8) is 0 Å². The number of nitrogens with one attached hydrogen (secondary N) is 2.